The molecule has 1 saturated heterocycles. The Bertz CT molecular complexity index is 331. The Kier molecular flexibility index (Phi) is 5.79. The van der Waals surface area contributed by atoms with E-state index < -0.39 is 6.04 Å². The molecule has 1 N–H and O–H groups in total. The van der Waals surface area contributed by atoms with Crippen LogP contribution in [0, 0.1) is 5.92 Å². The van der Waals surface area contributed by atoms with Crippen LogP contribution in [0.2, 0.25) is 0 Å². The number of nitrogens with one attached hydrogen (secondary N) is 1. The number of carbonyl (C=O) groups excluding carboxylic acids is 2. The molecule has 0 spiro atoms. The zero-order chi connectivity index (χ0) is 14.6. The van der Waals surface area contributed by atoms with Gasteiger partial charge in [0.1, 0.15) is 12.1 Å². The van der Waals surface area contributed by atoms with Gasteiger partial charge in [-0.1, -0.05) is 20.8 Å². The van der Waals surface area contributed by atoms with Crippen LogP contribution in [-0.2, 0) is 14.3 Å². The van der Waals surface area contributed by atoms with Gasteiger partial charge in [0.05, 0.1) is 12.6 Å². The first-order chi connectivity index (χ1) is 8.93. The number of piperazine rings is 1. The topological polar surface area (TPSA) is 58.6 Å². The lowest BCUT2D eigenvalue weighted by molar-refractivity contribution is -0.154. The third-order valence-electron chi connectivity index (χ3n) is 3.55. The second-order valence-corrected chi connectivity index (χ2v) is 5.41. The molecule has 0 aliphatic carbocycles. The summed E-state index contributed by atoms with van der Waals surface area (Å²) in [7, 11) is 0. The molecule has 1 heterocycles. The molecule has 0 aromatic heterocycles. The molecule has 5 nitrogen and oxygen atoms in total. The lowest BCUT2D eigenvalue weighted by Crippen LogP contribution is -2.66. The van der Waals surface area contributed by atoms with Crippen molar-refractivity contribution in [2.24, 2.45) is 5.92 Å². The van der Waals surface area contributed by atoms with Crippen LogP contribution in [0.15, 0.2) is 0 Å². The van der Waals surface area contributed by atoms with E-state index >= 15 is 0 Å². The number of nitrogens with zero attached hydrogens (tertiary/aromatic N) is 1. The minimum atomic E-state index is -0.417. The standard InChI is InChI=1S/C14H26N2O3/c1-6-11-13(17)15-12(9(3)4)14(18)16(11)10(5)8-19-7-2/h9-12H,6-8H2,1-5H3,(H,15,17). The van der Waals surface area contributed by atoms with Crippen molar-refractivity contribution >= 4 is 11.8 Å². The van der Waals surface area contributed by atoms with Crippen molar-refractivity contribution in [2.75, 3.05) is 13.2 Å². The first kappa shape index (κ1) is 16.0. The average molecular weight is 270 g/mol. The van der Waals surface area contributed by atoms with Crippen molar-refractivity contribution in [2.45, 2.75) is 59.2 Å². The van der Waals surface area contributed by atoms with Crippen LogP contribution in [0.1, 0.15) is 41.0 Å². The summed E-state index contributed by atoms with van der Waals surface area (Å²) in [5, 5.41) is 2.84. The van der Waals surface area contributed by atoms with Crippen LogP contribution in [-0.4, -0.2) is 48.1 Å². The molecule has 110 valence electrons. The van der Waals surface area contributed by atoms with E-state index in [0.29, 0.717) is 19.6 Å². The highest BCUT2D eigenvalue weighted by atomic mass is 16.5. The summed E-state index contributed by atoms with van der Waals surface area (Å²) in [4.78, 5) is 26.4. The lowest BCUT2D eigenvalue weighted by Gasteiger charge is -2.43. The second kappa shape index (κ2) is 6.89. The Balaban J connectivity index is 2.92. The number of carbonyl (C=O) groups is 2. The van der Waals surface area contributed by atoms with E-state index in [2.05, 4.69) is 5.32 Å². The van der Waals surface area contributed by atoms with Gasteiger partial charge in [-0.15, -0.1) is 0 Å². The van der Waals surface area contributed by atoms with Crippen molar-refractivity contribution in [3.8, 4) is 0 Å². The highest BCUT2D eigenvalue weighted by molar-refractivity contribution is 5.97. The van der Waals surface area contributed by atoms with Crippen LogP contribution < -0.4 is 5.32 Å². The summed E-state index contributed by atoms with van der Waals surface area (Å²) in [6, 6.07) is -0.873. The third-order valence-corrected chi connectivity index (χ3v) is 3.55. The Morgan fingerprint density at radius 3 is 2.37 bits per heavy atom. The molecule has 2 amide bonds. The van der Waals surface area contributed by atoms with E-state index in [4.69, 9.17) is 4.74 Å². The SMILES string of the molecule is CCOCC(C)N1C(=O)C(C(C)C)NC(=O)C1CC. The molecule has 19 heavy (non-hydrogen) atoms. The van der Waals surface area contributed by atoms with Gasteiger partial charge >= 0.3 is 0 Å². The van der Waals surface area contributed by atoms with E-state index in [1.54, 1.807) is 4.90 Å². The first-order valence-corrected chi connectivity index (χ1v) is 7.14. The number of rotatable bonds is 6. The molecular weight excluding hydrogens is 244 g/mol. The van der Waals surface area contributed by atoms with E-state index in [1.807, 2.05) is 34.6 Å². The number of amides is 2. The van der Waals surface area contributed by atoms with Crippen molar-refractivity contribution in [3.63, 3.8) is 0 Å². The van der Waals surface area contributed by atoms with Gasteiger partial charge in [0.25, 0.3) is 0 Å². The van der Waals surface area contributed by atoms with E-state index in [0.717, 1.165) is 0 Å². The molecule has 1 rings (SSSR count). The molecular formula is C14H26N2O3. The fourth-order valence-corrected chi connectivity index (χ4v) is 2.48. The van der Waals surface area contributed by atoms with Gasteiger partial charge in [-0.2, -0.15) is 0 Å². The third kappa shape index (κ3) is 3.47. The molecule has 5 heteroatoms. The van der Waals surface area contributed by atoms with Crippen LogP contribution in [0.25, 0.3) is 0 Å². The Hall–Kier alpha value is -1.10. The minimum absolute atomic E-state index is 0.00801. The molecule has 1 aliphatic heterocycles. The van der Waals surface area contributed by atoms with Crippen molar-refractivity contribution in [3.05, 3.63) is 0 Å². The monoisotopic (exact) mass is 270 g/mol. The first-order valence-electron chi connectivity index (χ1n) is 7.14. The summed E-state index contributed by atoms with van der Waals surface area (Å²) in [6.45, 7) is 10.8. The molecule has 0 saturated carbocycles. The summed E-state index contributed by atoms with van der Waals surface area (Å²) in [5.74, 6) is 0.0499. The van der Waals surface area contributed by atoms with Crippen molar-refractivity contribution in [1.82, 2.24) is 10.2 Å². The van der Waals surface area contributed by atoms with Crippen LogP contribution in [0.3, 0.4) is 0 Å². The number of hydrogen-bond acceptors (Lipinski definition) is 3. The van der Waals surface area contributed by atoms with Crippen molar-refractivity contribution in [1.29, 1.82) is 0 Å². The molecule has 0 aromatic rings. The predicted molar refractivity (Wildman–Crippen MR) is 73.6 cm³/mol. The highest BCUT2D eigenvalue weighted by Crippen LogP contribution is 2.20. The van der Waals surface area contributed by atoms with Gasteiger partial charge in [0.15, 0.2) is 0 Å². The molecule has 0 bridgehead atoms. The van der Waals surface area contributed by atoms with Crippen LogP contribution >= 0.6 is 0 Å². The molecule has 3 atom stereocenters. The highest BCUT2D eigenvalue weighted by Gasteiger charge is 2.42. The fraction of sp³-hybridized carbons (Fsp3) is 0.857. The summed E-state index contributed by atoms with van der Waals surface area (Å²) in [6.07, 6.45) is 0.624. The summed E-state index contributed by atoms with van der Waals surface area (Å²) >= 11 is 0. The maximum Gasteiger partial charge on any atom is 0.246 e. The normalized spacial score (nSPS) is 25.7. The molecule has 0 radical (unpaired) electrons. The second-order valence-electron chi connectivity index (χ2n) is 5.41. The van der Waals surface area contributed by atoms with E-state index in [1.165, 1.54) is 0 Å². The van der Waals surface area contributed by atoms with Crippen molar-refractivity contribution < 1.29 is 14.3 Å². The van der Waals surface area contributed by atoms with Crippen LogP contribution in [0.4, 0.5) is 0 Å². The largest absolute Gasteiger partial charge is 0.380 e. The smallest absolute Gasteiger partial charge is 0.246 e. The Morgan fingerprint density at radius 1 is 1.26 bits per heavy atom. The van der Waals surface area contributed by atoms with Gasteiger partial charge in [-0.05, 0) is 26.2 Å². The summed E-state index contributed by atoms with van der Waals surface area (Å²) < 4.78 is 5.40. The number of hydrogen-bond donors (Lipinski definition) is 1. The quantitative estimate of drug-likeness (QED) is 0.788. The maximum absolute atomic E-state index is 12.5. The fourth-order valence-electron chi connectivity index (χ4n) is 2.48. The Labute approximate surface area is 115 Å². The van der Waals surface area contributed by atoms with E-state index in [9.17, 15) is 9.59 Å². The molecule has 1 aliphatic rings. The molecule has 0 aromatic carbocycles. The van der Waals surface area contributed by atoms with Gasteiger partial charge in [0, 0.05) is 6.61 Å². The lowest BCUT2D eigenvalue weighted by atomic mass is 9.95. The maximum atomic E-state index is 12.5. The number of ether oxygens (including phenoxy) is 1. The molecule has 1 fully saturated rings. The van der Waals surface area contributed by atoms with Gasteiger partial charge in [0.2, 0.25) is 11.8 Å². The summed E-state index contributed by atoms with van der Waals surface area (Å²) in [5.41, 5.74) is 0. The van der Waals surface area contributed by atoms with Gasteiger partial charge in [-0.25, -0.2) is 0 Å². The molecule has 3 unspecified atom stereocenters. The zero-order valence-corrected chi connectivity index (χ0v) is 12.6. The van der Waals surface area contributed by atoms with Gasteiger partial charge < -0.3 is 15.0 Å². The zero-order valence-electron chi connectivity index (χ0n) is 12.6. The predicted octanol–water partition coefficient (Wildman–Crippen LogP) is 1.17. The minimum Gasteiger partial charge on any atom is -0.380 e. The average Bonchev–Trinajstić information content (AvgIpc) is 2.37. The van der Waals surface area contributed by atoms with Crippen LogP contribution in [0.5, 0.6) is 0 Å². The Morgan fingerprint density at radius 2 is 1.89 bits per heavy atom. The van der Waals surface area contributed by atoms with E-state index in [-0.39, 0.29) is 29.8 Å². The van der Waals surface area contributed by atoms with Gasteiger partial charge in [-0.3, -0.25) is 9.59 Å².